The molecule has 1 fully saturated rings. The first kappa shape index (κ1) is 19.4. The zero-order valence-corrected chi connectivity index (χ0v) is 17.3. The van der Waals surface area contributed by atoms with E-state index in [1.165, 1.54) is 6.33 Å². The summed E-state index contributed by atoms with van der Waals surface area (Å²) >= 11 is 0. The molecule has 0 saturated heterocycles. The Morgan fingerprint density at radius 3 is 2.74 bits per heavy atom. The van der Waals surface area contributed by atoms with Gasteiger partial charge in [0.25, 0.3) is 5.91 Å². The third kappa shape index (κ3) is 3.94. The molecule has 0 aliphatic heterocycles. The van der Waals surface area contributed by atoms with Gasteiger partial charge in [0.05, 0.1) is 23.4 Å². The highest BCUT2D eigenvalue weighted by atomic mass is 16.3. The van der Waals surface area contributed by atoms with Gasteiger partial charge in [-0.3, -0.25) is 9.48 Å². The number of hydrogen-bond acceptors (Lipinski definition) is 5. The molecule has 1 aromatic carbocycles. The second-order valence-corrected chi connectivity index (χ2v) is 8.12. The zero-order valence-electron chi connectivity index (χ0n) is 17.3. The molecule has 1 amide bonds. The average molecular weight is 416 g/mol. The number of hydrogen-bond donors (Lipinski definition) is 2. The van der Waals surface area contributed by atoms with Gasteiger partial charge in [0.15, 0.2) is 5.65 Å². The lowest BCUT2D eigenvalue weighted by atomic mass is 10.0. The number of aliphatic hydroxyl groups is 1. The Labute approximate surface area is 179 Å². The van der Waals surface area contributed by atoms with E-state index in [1.807, 2.05) is 31.6 Å². The normalized spacial score (nSPS) is 18.5. The molecule has 8 heteroatoms. The number of aromatic nitrogens is 5. The van der Waals surface area contributed by atoms with Crippen LogP contribution in [0.4, 0.5) is 0 Å². The van der Waals surface area contributed by atoms with Crippen molar-refractivity contribution in [3.63, 3.8) is 0 Å². The number of fused-ring (bicyclic) bond motifs is 1. The summed E-state index contributed by atoms with van der Waals surface area (Å²) in [6, 6.07) is 11.9. The number of nitrogens with one attached hydrogen (secondary N) is 1. The predicted molar refractivity (Wildman–Crippen MR) is 116 cm³/mol. The Morgan fingerprint density at radius 1 is 1.19 bits per heavy atom. The highest BCUT2D eigenvalue weighted by Crippen LogP contribution is 2.22. The van der Waals surface area contributed by atoms with E-state index < -0.39 is 6.10 Å². The number of amides is 1. The number of aliphatic hydroxyl groups excluding tert-OH is 1. The van der Waals surface area contributed by atoms with E-state index in [9.17, 15) is 9.90 Å². The summed E-state index contributed by atoms with van der Waals surface area (Å²) < 4.78 is 3.42. The van der Waals surface area contributed by atoms with Gasteiger partial charge >= 0.3 is 0 Å². The molecule has 1 aliphatic rings. The van der Waals surface area contributed by atoms with Crippen molar-refractivity contribution in [2.24, 2.45) is 7.05 Å². The molecule has 31 heavy (non-hydrogen) atoms. The van der Waals surface area contributed by atoms with Crippen molar-refractivity contribution in [3.05, 3.63) is 71.8 Å². The number of rotatable bonds is 5. The number of carbonyl (C=O) groups is 1. The first-order valence-electron chi connectivity index (χ1n) is 10.5. The van der Waals surface area contributed by atoms with Gasteiger partial charge in [0.2, 0.25) is 0 Å². The van der Waals surface area contributed by atoms with Gasteiger partial charge in [-0.15, -0.1) is 0 Å². The van der Waals surface area contributed by atoms with Crippen LogP contribution >= 0.6 is 0 Å². The second kappa shape index (κ2) is 7.96. The monoisotopic (exact) mass is 416 g/mol. The first-order valence-corrected chi connectivity index (χ1v) is 10.5. The predicted octanol–water partition coefficient (Wildman–Crippen LogP) is 2.36. The van der Waals surface area contributed by atoms with Crippen LogP contribution in [-0.4, -0.2) is 47.5 Å². The first-order chi connectivity index (χ1) is 15.1. The molecule has 1 saturated carbocycles. The van der Waals surface area contributed by atoms with Crippen molar-refractivity contribution in [2.75, 3.05) is 0 Å². The van der Waals surface area contributed by atoms with E-state index in [0.717, 1.165) is 41.6 Å². The van der Waals surface area contributed by atoms with Crippen LogP contribution in [0.15, 0.2) is 55.1 Å². The van der Waals surface area contributed by atoms with Crippen LogP contribution in [0.1, 0.15) is 40.7 Å². The second-order valence-electron chi connectivity index (χ2n) is 8.12. The van der Waals surface area contributed by atoms with Gasteiger partial charge in [-0.2, -0.15) is 10.2 Å². The van der Waals surface area contributed by atoms with E-state index >= 15 is 0 Å². The Morgan fingerprint density at radius 2 is 2.03 bits per heavy atom. The van der Waals surface area contributed by atoms with E-state index in [2.05, 4.69) is 44.8 Å². The number of benzene rings is 1. The number of pyridine rings is 1. The number of nitrogens with zero attached hydrogens (tertiary/aromatic N) is 5. The van der Waals surface area contributed by atoms with Crippen LogP contribution in [0.25, 0.3) is 16.9 Å². The highest BCUT2D eigenvalue weighted by molar-refractivity contribution is 6.00. The maximum absolute atomic E-state index is 13.0. The van der Waals surface area contributed by atoms with Crippen molar-refractivity contribution in [3.8, 4) is 11.3 Å². The molecule has 1 aliphatic carbocycles. The molecule has 5 rings (SSSR count). The minimum atomic E-state index is -0.487. The van der Waals surface area contributed by atoms with Crippen LogP contribution in [0.3, 0.4) is 0 Å². The zero-order chi connectivity index (χ0) is 21.4. The summed E-state index contributed by atoms with van der Waals surface area (Å²) in [6.07, 6.45) is 7.87. The molecule has 3 heterocycles. The molecule has 3 aromatic heterocycles. The van der Waals surface area contributed by atoms with Gasteiger partial charge in [-0.1, -0.05) is 24.3 Å². The molecule has 4 aromatic rings. The third-order valence-corrected chi connectivity index (χ3v) is 5.84. The Bertz CT molecular complexity index is 1230. The molecule has 0 bridgehead atoms. The minimum Gasteiger partial charge on any atom is -0.391 e. The standard InChI is InChI=1S/C23H24N6O2/c1-28-10-9-19(27-28)17-7-5-15(6-8-17)11-16-12-18(22-24-14-25-29(22)13-16)23(31)26-20-3-2-4-21(20)30/h5-10,12-14,20-21,30H,2-4,11H2,1H3,(H,26,31)/t20-,21-/m0/s1. The van der Waals surface area contributed by atoms with Gasteiger partial charge in [0, 0.05) is 25.0 Å². The average Bonchev–Trinajstić information content (AvgIpc) is 3.50. The van der Waals surface area contributed by atoms with Crippen molar-refractivity contribution >= 4 is 11.6 Å². The SMILES string of the molecule is Cn1ccc(-c2ccc(Cc3cc(C(=O)N[C@H]4CCC[C@@H]4O)c4ncnn4c3)cc2)n1. The number of aryl methyl sites for hydroxylation is 1. The van der Waals surface area contributed by atoms with Crippen LogP contribution in [0.5, 0.6) is 0 Å². The Kier molecular flexibility index (Phi) is 4.99. The molecule has 2 N–H and O–H groups in total. The molecule has 8 nitrogen and oxygen atoms in total. The Balaban J connectivity index is 1.39. The summed E-state index contributed by atoms with van der Waals surface area (Å²) in [5.74, 6) is -0.226. The summed E-state index contributed by atoms with van der Waals surface area (Å²) in [5, 5.41) is 21.7. The lowest BCUT2D eigenvalue weighted by Gasteiger charge is -2.17. The van der Waals surface area contributed by atoms with Crippen molar-refractivity contribution in [1.29, 1.82) is 0 Å². The van der Waals surface area contributed by atoms with Crippen LogP contribution < -0.4 is 5.32 Å². The molecular weight excluding hydrogens is 392 g/mol. The molecule has 158 valence electrons. The third-order valence-electron chi connectivity index (χ3n) is 5.84. The fourth-order valence-electron chi connectivity index (χ4n) is 4.20. The fraction of sp³-hybridized carbons (Fsp3) is 0.304. The molecule has 2 atom stereocenters. The summed E-state index contributed by atoms with van der Waals surface area (Å²) in [7, 11) is 1.90. The lowest BCUT2D eigenvalue weighted by molar-refractivity contribution is 0.0874. The van der Waals surface area contributed by atoms with Gasteiger partial charge in [0.1, 0.15) is 6.33 Å². The van der Waals surface area contributed by atoms with Crippen molar-refractivity contribution in [2.45, 2.75) is 37.8 Å². The summed E-state index contributed by atoms with van der Waals surface area (Å²) in [6.45, 7) is 0. The van der Waals surface area contributed by atoms with Gasteiger partial charge in [-0.05, 0) is 48.9 Å². The fourth-order valence-corrected chi connectivity index (χ4v) is 4.20. The van der Waals surface area contributed by atoms with E-state index in [-0.39, 0.29) is 11.9 Å². The maximum Gasteiger partial charge on any atom is 0.255 e. The van der Waals surface area contributed by atoms with Gasteiger partial charge in [-0.25, -0.2) is 9.50 Å². The quantitative estimate of drug-likeness (QED) is 0.521. The summed E-state index contributed by atoms with van der Waals surface area (Å²) in [4.78, 5) is 17.2. The van der Waals surface area contributed by atoms with Crippen LogP contribution in [0, 0.1) is 0 Å². The van der Waals surface area contributed by atoms with Crippen LogP contribution in [0.2, 0.25) is 0 Å². The Hall–Kier alpha value is -3.52. The minimum absolute atomic E-state index is 0.210. The smallest absolute Gasteiger partial charge is 0.255 e. The van der Waals surface area contributed by atoms with Crippen molar-refractivity contribution < 1.29 is 9.90 Å². The van der Waals surface area contributed by atoms with E-state index in [4.69, 9.17) is 0 Å². The molecule has 0 spiro atoms. The van der Waals surface area contributed by atoms with E-state index in [1.54, 1.807) is 9.20 Å². The lowest BCUT2D eigenvalue weighted by Crippen LogP contribution is -2.40. The molecule has 0 unspecified atom stereocenters. The summed E-state index contributed by atoms with van der Waals surface area (Å²) in [5.41, 5.74) is 5.06. The number of carbonyl (C=O) groups excluding carboxylic acids is 1. The van der Waals surface area contributed by atoms with Crippen molar-refractivity contribution in [1.82, 2.24) is 29.7 Å². The molecule has 0 radical (unpaired) electrons. The highest BCUT2D eigenvalue weighted by Gasteiger charge is 2.27. The maximum atomic E-state index is 13.0. The van der Waals surface area contributed by atoms with Gasteiger partial charge < -0.3 is 10.4 Å². The van der Waals surface area contributed by atoms with E-state index in [0.29, 0.717) is 17.6 Å². The molecular formula is C23H24N6O2. The largest absolute Gasteiger partial charge is 0.391 e. The van der Waals surface area contributed by atoms with Crippen LogP contribution in [-0.2, 0) is 13.5 Å². The topological polar surface area (TPSA) is 97.3 Å².